The number of carboxylic acids is 1. The van der Waals surface area contributed by atoms with E-state index in [1.54, 1.807) is 16.3 Å². The summed E-state index contributed by atoms with van der Waals surface area (Å²) < 4.78 is 6.67. The summed E-state index contributed by atoms with van der Waals surface area (Å²) >= 11 is 6.97. The monoisotopic (exact) mass is 605 g/mol. The minimum Gasteiger partial charge on any atom is -0.475 e. The zero-order valence-electron chi connectivity index (χ0n) is 23.2. The van der Waals surface area contributed by atoms with Crippen LogP contribution < -0.4 is 11.1 Å². The zero-order valence-corrected chi connectivity index (χ0v) is 24.8. The SMILES string of the molecule is CC(C)N1CCC(N)CC1.O=C(Cn1c(C(=O)O)nc2c(C(=O)N3CCCOCC3)scc21)Nc1ccc(Cl)cn1. The summed E-state index contributed by atoms with van der Waals surface area (Å²) in [7, 11) is 0. The Morgan fingerprint density at radius 1 is 1.20 bits per heavy atom. The number of likely N-dealkylation sites (tertiary alicyclic amines) is 1. The highest BCUT2D eigenvalue weighted by Gasteiger charge is 2.27. The molecule has 222 valence electrons. The number of carbonyl (C=O) groups excluding carboxylic acids is 2. The number of amides is 2. The van der Waals surface area contributed by atoms with Crippen molar-refractivity contribution in [1.82, 2.24) is 24.3 Å². The van der Waals surface area contributed by atoms with Crippen molar-refractivity contribution in [1.29, 1.82) is 0 Å². The molecule has 0 bridgehead atoms. The number of hydrogen-bond acceptors (Lipinski definition) is 9. The van der Waals surface area contributed by atoms with Gasteiger partial charge in [-0.1, -0.05) is 11.6 Å². The third-order valence-corrected chi connectivity index (χ3v) is 8.17. The number of fused-ring (bicyclic) bond motifs is 1. The van der Waals surface area contributed by atoms with Crippen LogP contribution in [-0.2, 0) is 16.1 Å². The van der Waals surface area contributed by atoms with E-state index in [0.717, 1.165) is 6.42 Å². The second-order valence-corrected chi connectivity index (χ2v) is 11.6. The number of imidazole rings is 1. The highest BCUT2D eigenvalue weighted by molar-refractivity contribution is 7.13. The fourth-order valence-electron chi connectivity index (χ4n) is 4.70. The van der Waals surface area contributed by atoms with Gasteiger partial charge in [0.25, 0.3) is 5.91 Å². The van der Waals surface area contributed by atoms with E-state index in [4.69, 9.17) is 22.1 Å². The van der Waals surface area contributed by atoms with Crippen LogP contribution in [0, 0.1) is 0 Å². The van der Waals surface area contributed by atoms with Crippen LogP contribution in [-0.4, -0.2) is 98.7 Å². The Hall–Kier alpha value is -3.10. The van der Waals surface area contributed by atoms with Crippen LogP contribution in [0.5, 0.6) is 0 Å². The maximum Gasteiger partial charge on any atom is 0.372 e. The van der Waals surface area contributed by atoms with Crippen LogP contribution in [0.3, 0.4) is 0 Å². The molecule has 0 saturated carbocycles. The lowest BCUT2D eigenvalue weighted by Crippen LogP contribution is -2.42. The van der Waals surface area contributed by atoms with Gasteiger partial charge in [0.2, 0.25) is 11.7 Å². The van der Waals surface area contributed by atoms with Crippen molar-refractivity contribution in [2.75, 3.05) is 44.7 Å². The highest BCUT2D eigenvalue weighted by atomic mass is 35.5. The molecule has 5 heterocycles. The Balaban J connectivity index is 0.000000328. The zero-order chi connectivity index (χ0) is 29.5. The van der Waals surface area contributed by atoms with E-state index < -0.39 is 11.9 Å². The topological polar surface area (TPSA) is 156 Å². The van der Waals surface area contributed by atoms with Crippen molar-refractivity contribution in [3.63, 3.8) is 0 Å². The normalized spacial score (nSPS) is 16.8. The molecule has 3 aromatic heterocycles. The summed E-state index contributed by atoms with van der Waals surface area (Å²) in [5.41, 5.74) is 6.46. The Morgan fingerprint density at radius 3 is 2.61 bits per heavy atom. The molecular weight excluding hydrogens is 570 g/mol. The van der Waals surface area contributed by atoms with E-state index in [9.17, 15) is 19.5 Å². The number of nitrogens with two attached hydrogens (primary N) is 1. The molecule has 2 aliphatic heterocycles. The second kappa shape index (κ2) is 14.2. The van der Waals surface area contributed by atoms with Crippen LogP contribution in [0.4, 0.5) is 5.82 Å². The van der Waals surface area contributed by atoms with Crippen LogP contribution in [0.25, 0.3) is 11.0 Å². The van der Waals surface area contributed by atoms with Gasteiger partial charge in [-0.2, -0.15) is 0 Å². The van der Waals surface area contributed by atoms with Gasteiger partial charge in [-0.3, -0.25) is 9.59 Å². The van der Waals surface area contributed by atoms with Crippen molar-refractivity contribution < 1.29 is 24.2 Å². The first-order valence-corrected chi connectivity index (χ1v) is 14.9. The summed E-state index contributed by atoms with van der Waals surface area (Å²) in [6.07, 6.45) is 4.48. The summed E-state index contributed by atoms with van der Waals surface area (Å²) in [5.74, 6) is -2.03. The maximum absolute atomic E-state index is 13.0. The number of aromatic nitrogens is 3. The first kappa shape index (κ1) is 30.8. The van der Waals surface area contributed by atoms with Crippen molar-refractivity contribution in [2.45, 2.75) is 51.7 Å². The van der Waals surface area contributed by atoms with E-state index in [1.807, 2.05) is 0 Å². The van der Waals surface area contributed by atoms with Crippen molar-refractivity contribution in [2.24, 2.45) is 5.73 Å². The lowest BCUT2D eigenvalue weighted by molar-refractivity contribution is -0.116. The average molecular weight is 606 g/mol. The van der Waals surface area contributed by atoms with E-state index in [0.29, 0.717) is 53.8 Å². The minimum absolute atomic E-state index is 0.220. The quantitative estimate of drug-likeness (QED) is 0.384. The number of nitrogens with one attached hydrogen (secondary N) is 1. The van der Waals surface area contributed by atoms with Crippen LogP contribution in [0.15, 0.2) is 23.7 Å². The molecule has 0 unspecified atom stereocenters. The number of carbonyl (C=O) groups is 3. The standard InChI is InChI=1S/C19H18ClN5O5S.C8H18N2/c20-11-2-3-13(21-8-11)22-14(26)9-25-12-10-31-16(15(12)23-17(25)19(28)29)18(27)24-4-1-6-30-7-5-24;1-7(2)10-5-3-8(9)4-6-10/h2-3,8,10H,1,4-7,9H2,(H,28,29)(H,21,22,26);7-8H,3-6,9H2,1-2H3. The third-order valence-electron chi connectivity index (χ3n) is 7.01. The van der Waals surface area contributed by atoms with Crippen molar-refractivity contribution in [3.8, 4) is 0 Å². The number of anilines is 1. The molecular formula is C27H36ClN7O5S. The van der Waals surface area contributed by atoms with Gasteiger partial charge in [0, 0.05) is 43.4 Å². The molecule has 2 aliphatic rings. The number of aromatic carboxylic acids is 1. The number of thiophene rings is 1. The van der Waals surface area contributed by atoms with E-state index in [1.165, 1.54) is 54.1 Å². The number of piperidine rings is 1. The Kier molecular flexibility index (Phi) is 10.7. The molecule has 5 rings (SSSR count). The van der Waals surface area contributed by atoms with Gasteiger partial charge >= 0.3 is 5.97 Å². The van der Waals surface area contributed by atoms with Gasteiger partial charge in [0.15, 0.2) is 0 Å². The Bertz CT molecular complexity index is 1340. The number of carboxylic acid groups (broad SMARTS) is 1. The highest BCUT2D eigenvalue weighted by Crippen LogP contribution is 2.28. The molecule has 0 radical (unpaired) electrons. The van der Waals surface area contributed by atoms with E-state index >= 15 is 0 Å². The average Bonchev–Trinajstić information content (AvgIpc) is 3.38. The fraction of sp³-hybridized carbons (Fsp3) is 0.519. The molecule has 0 spiro atoms. The molecule has 0 aromatic carbocycles. The smallest absolute Gasteiger partial charge is 0.372 e. The fourth-order valence-corrected chi connectivity index (χ4v) is 5.77. The Labute approximate surface area is 247 Å². The molecule has 4 N–H and O–H groups in total. The molecule has 12 nitrogen and oxygen atoms in total. The molecule has 2 amide bonds. The number of pyridine rings is 1. The van der Waals surface area contributed by atoms with Gasteiger partial charge in [0.1, 0.15) is 22.8 Å². The molecule has 2 fully saturated rings. The lowest BCUT2D eigenvalue weighted by Gasteiger charge is -2.32. The van der Waals surface area contributed by atoms with Gasteiger partial charge in [-0.15, -0.1) is 11.3 Å². The van der Waals surface area contributed by atoms with Crippen LogP contribution >= 0.6 is 22.9 Å². The first-order chi connectivity index (χ1) is 19.6. The third kappa shape index (κ3) is 8.01. The van der Waals surface area contributed by atoms with Gasteiger partial charge < -0.3 is 35.3 Å². The van der Waals surface area contributed by atoms with Crippen LogP contribution in [0.2, 0.25) is 5.02 Å². The van der Waals surface area contributed by atoms with Gasteiger partial charge in [-0.25, -0.2) is 14.8 Å². The number of hydrogen-bond donors (Lipinski definition) is 3. The molecule has 2 saturated heterocycles. The largest absolute Gasteiger partial charge is 0.475 e. The Morgan fingerprint density at radius 2 is 1.95 bits per heavy atom. The van der Waals surface area contributed by atoms with E-state index in [-0.39, 0.29) is 29.6 Å². The van der Waals surface area contributed by atoms with E-state index in [2.05, 4.69) is 34.0 Å². The van der Waals surface area contributed by atoms with Gasteiger partial charge in [0.05, 0.1) is 17.1 Å². The number of halogens is 1. The summed E-state index contributed by atoms with van der Waals surface area (Å²) in [6, 6.07) is 4.28. The summed E-state index contributed by atoms with van der Waals surface area (Å²) in [6.45, 7) is 8.64. The van der Waals surface area contributed by atoms with Gasteiger partial charge in [-0.05, 0) is 58.3 Å². The molecule has 41 heavy (non-hydrogen) atoms. The number of ether oxygens (including phenoxy) is 1. The number of nitrogens with zero attached hydrogens (tertiary/aromatic N) is 5. The maximum atomic E-state index is 13.0. The van der Waals surface area contributed by atoms with Crippen molar-refractivity contribution >= 4 is 57.6 Å². The summed E-state index contributed by atoms with van der Waals surface area (Å²) in [5, 5.41) is 14.2. The summed E-state index contributed by atoms with van der Waals surface area (Å²) in [4.78, 5) is 49.9. The van der Waals surface area contributed by atoms with Crippen molar-refractivity contribution in [3.05, 3.63) is 39.4 Å². The molecule has 0 aliphatic carbocycles. The predicted octanol–water partition coefficient (Wildman–Crippen LogP) is 3.16. The molecule has 0 atom stereocenters. The molecule has 14 heteroatoms. The van der Waals surface area contributed by atoms with Crippen LogP contribution in [0.1, 0.15) is 53.4 Å². The predicted molar refractivity (Wildman–Crippen MR) is 158 cm³/mol. The molecule has 3 aromatic rings. The lowest BCUT2D eigenvalue weighted by atomic mass is 10.1. The number of rotatable bonds is 6. The second-order valence-electron chi connectivity index (χ2n) is 10.3. The minimum atomic E-state index is -1.29. The first-order valence-electron chi connectivity index (χ1n) is 13.6.